The standard InChI is InChI=1S/C22H16F3N5O4S/c23-14-6-7-16(27-10-14)19(31)18(15-3-1-2-8-26-15)30-11-13-5-4-12(9-17(13)35(30,32)33)21-28-29-22(34-21)20(24)25/h1-10,18-20,31H,11H2/t18-,19+/m1/s1. The second-order valence-electron chi connectivity index (χ2n) is 7.66. The van der Waals surface area contributed by atoms with E-state index in [1.54, 1.807) is 18.2 Å². The highest BCUT2D eigenvalue weighted by molar-refractivity contribution is 7.89. The van der Waals surface area contributed by atoms with Crippen molar-refractivity contribution in [2.45, 2.75) is 30.0 Å². The minimum absolute atomic E-state index is 0.0549. The molecule has 2 atom stereocenters. The molecular weight excluding hydrogens is 487 g/mol. The molecule has 3 aromatic heterocycles. The van der Waals surface area contributed by atoms with Crippen molar-refractivity contribution in [1.82, 2.24) is 24.5 Å². The second-order valence-corrected chi connectivity index (χ2v) is 9.52. The Bertz CT molecular complexity index is 1470. The number of nitrogens with zero attached hydrogens (tertiary/aromatic N) is 5. The van der Waals surface area contributed by atoms with E-state index < -0.39 is 40.3 Å². The predicted octanol–water partition coefficient (Wildman–Crippen LogP) is 3.58. The maximum atomic E-state index is 13.6. The number of halogens is 3. The fraction of sp³-hybridized carbons (Fsp3) is 0.182. The van der Waals surface area contributed by atoms with E-state index in [2.05, 4.69) is 20.2 Å². The summed E-state index contributed by atoms with van der Waals surface area (Å²) in [4.78, 5) is 8.02. The van der Waals surface area contributed by atoms with Crippen LogP contribution in [0.4, 0.5) is 13.2 Å². The van der Waals surface area contributed by atoms with Crippen LogP contribution < -0.4 is 0 Å². The molecule has 5 rings (SSSR count). The highest BCUT2D eigenvalue weighted by Crippen LogP contribution is 2.43. The monoisotopic (exact) mass is 503 g/mol. The average molecular weight is 503 g/mol. The summed E-state index contributed by atoms with van der Waals surface area (Å²) in [6.07, 6.45) is -2.06. The van der Waals surface area contributed by atoms with Crippen LogP contribution in [-0.2, 0) is 16.6 Å². The molecule has 0 fully saturated rings. The Labute approximate surface area is 197 Å². The third kappa shape index (κ3) is 4.17. The molecule has 0 aliphatic carbocycles. The van der Waals surface area contributed by atoms with E-state index in [1.807, 2.05) is 0 Å². The average Bonchev–Trinajstić information content (AvgIpc) is 3.44. The van der Waals surface area contributed by atoms with Gasteiger partial charge in [-0.3, -0.25) is 9.97 Å². The van der Waals surface area contributed by atoms with Crippen LogP contribution in [0.2, 0.25) is 0 Å². The van der Waals surface area contributed by atoms with Crippen molar-refractivity contribution in [1.29, 1.82) is 0 Å². The molecule has 0 saturated carbocycles. The molecule has 0 radical (unpaired) electrons. The second kappa shape index (κ2) is 8.83. The van der Waals surface area contributed by atoms with Crippen molar-refractivity contribution in [3.63, 3.8) is 0 Å². The minimum Gasteiger partial charge on any atom is -0.415 e. The molecule has 0 spiro atoms. The lowest BCUT2D eigenvalue weighted by Gasteiger charge is -2.29. The van der Waals surface area contributed by atoms with Crippen LogP contribution in [0.5, 0.6) is 0 Å². The van der Waals surface area contributed by atoms with E-state index >= 15 is 0 Å². The molecule has 4 heterocycles. The SMILES string of the molecule is O=S1(=O)c2cc(-c3nnc(C(F)F)o3)ccc2CN1[C@H](c1ccccn1)[C@@H](O)c1ccc(F)cn1. The minimum atomic E-state index is -4.20. The zero-order valence-corrected chi connectivity index (χ0v) is 18.5. The van der Waals surface area contributed by atoms with Crippen LogP contribution in [-0.4, -0.2) is 38.0 Å². The number of sulfonamides is 1. The highest BCUT2D eigenvalue weighted by Gasteiger charge is 2.44. The summed E-state index contributed by atoms with van der Waals surface area (Å²) in [5, 5.41) is 18.0. The third-order valence-corrected chi connectivity index (χ3v) is 7.42. The van der Waals surface area contributed by atoms with Crippen LogP contribution in [0.25, 0.3) is 11.5 Å². The smallest absolute Gasteiger partial charge is 0.314 e. The Morgan fingerprint density at radius 3 is 2.51 bits per heavy atom. The Morgan fingerprint density at radius 1 is 1.03 bits per heavy atom. The third-order valence-electron chi connectivity index (χ3n) is 5.51. The first-order chi connectivity index (χ1) is 16.8. The van der Waals surface area contributed by atoms with Crippen LogP contribution in [0.1, 0.15) is 41.4 Å². The van der Waals surface area contributed by atoms with Crippen molar-refractivity contribution in [3.05, 3.63) is 89.6 Å². The largest absolute Gasteiger partial charge is 0.415 e. The summed E-state index contributed by atoms with van der Waals surface area (Å²) in [5.41, 5.74) is 0.853. The maximum absolute atomic E-state index is 13.6. The Balaban J connectivity index is 1.56. The van der Waals surface area contributed by atoms with Gasteiger partial charge in [-0.1, -0.05) is 12.1 Å². The van der Waals surface area contributed by atoms with E-state index in [4.69, 9.17) is 4.42 Å². The molecule has 0 unspecified atom stereocenters. The zero-order chi connectivity index (χ0) is 24.7. The molecule has 35 heavy (non-hydrogen) atoms. The number of aliphatic hydroxyl groups excluding tert-OH is 1. The quantitative estimate of drug-likeness (QED) is 0.424. The number of aliphatic hydroxyl groups is 1. The molecular formula is C22H16F3N5O4S. The first kappa shape index (κ1) is 23.1. The van der Waals surface area contributed by atoms with E-state index in [-0.39, 0.29) is 34.3 Å². The van der Waals surface area contributed by atoms with E-state index in [9.17, 15) is 26.7 Å². The lowest BCUT2D eigenvalue weighted by atomic mass is 10.0. The van der Waals surface area contributed by atoms with Gasteiger partial charge in [0.25, 0.3) is 5.89 Å². The van der Waals surface area contributed by atoms with E-state index in [0.29, 0.717) is 5.56 Å². The zero-order valence-electron chi connectivity index (χ0n) is 17.7. The maximum Gasteiger partial charge on any atom is 0.314 e. The van der Waals surface area contributed by atoms with E-state index in [0.717, 1.165) is 16.6 Å². The molecule has 13 heteroatoms. The molecule has 1 aliphatic rings. The highest BCUT2D eigenvalue weighted by atomic mass is 32.2. The van der Waals surface area contributed by atoms with E-state index in [1.165, 1.54) is 30.5 Å². The van der Waals surface area contributed by atoms with Crippen molar-refractivity contribution >= 4 is 10.0 Å². The fourth-order valence-electron chi connectivity index (χ4n) is 3.87. The number of pyridine rings is 2. The Morgan fingerprint density at radius 2 is 1.86 bits per heavy atom. The van der Waals surface area contributed by atoms with Gasteiger partial charge >= 0.3 is 6.43 Å². The van der Waals surface area contributed by atoms with Crippen LogP contribution >= 0.6 is 0 Å². The predicted molar refractivity (Wildman–Crippen MR) is 114 cm³/mol. The molecule has 1 N–H and O–H groups in total. The van der Waals surface area contributed by atoms with Gasteiger partial charge in [0, 0.05) is 18.3 Å². The number of benzene rings is 1. The van der Waals surface area contributed by atoms with Crippen molar-refractivity contribution in [3.8, 4) is 11.5 Å². The first-order valence-corrected chi connectivity index (χ1v) is 11.7. The normalized spacial score (nSPS) is 16.8. The molecule has 4 aromatic rings. The lowest BCUT2D eigenvalue weighted by Crippen LogP contribution is -2.34. The molecule has 1 aromatic carbocycles. The summed E-state index contributed by atoms with van der Waals surface area (Å²) in [7, 11) is -4.20. The van der Waals surface area contributed by atoms with Crippen molar-refractivity contribution in [2.75, 3.05) is 0 Å². The Hall–Kier alpha value is -3.68. The lowest BCUT2D eigenvalue weighted by molar-refractivity contribution is 0.0826. The van der Waals surface area contributed by atoms with Crippen LogP contribution in [0.15, 0.2) is 70.2 Å². The summed E-state index contributed by atoms with van der Waals surface area (Å²) < 4.78 is 72.2. The van der Waals surface area contributed by atoms with Gasteiger partial charge in [-0.2, -0.15) is 13.1 Å². The molecule has 180 valence electrons. The van der Waals surface area contributed by atoms with Gasteiger partial charge in [0.05, 0.1) is 28.5 Å². The number of alkyl halides is 2. The number of hydrogen-bond donors (Lipinski definition) is 1. The molecule has 0 amide bonds. The number of fused-ring (bicyclic) bond motifs is 1. The van der Waals surface area contributed by atoms with Gasteiger partial charge in [0.15, 0.2) is 0 Å². The number of hydrogen-bond acceptors (Lipinski definition) is 8. The van der Waals surface area contributed by atoms with Gasteiger partial charge in [-0.15, -0.1) is 10.2 Å². The molecule has 1 aliphatic heterocycles. The van der Waals surface area contributed by atoms with Gasteiger partial charge in [0.1, 0.15) is 11.9 Å². The van der Waals surface area contributed by atoms with Gasteiger partial charge in [-0.05, 0) is 42.0 Å². The van der Waals surface area contributed by atoms with Crippen molar-refractivity contribution < 1.29 is 31.1 Å². The Kier molecular flexibility index (Phi) is 5.83. The summed E-state index contributed by atoms with van der Waals surface area (Å²) in [5.74, 6) is -1.75. The topological polar surface area (TPSA) is 122 Å². The fourth-order valence-corrected chi connectivity index (χ4v) is 5.69. The van der Waals surface area contributed by atoms with Crippen LogP contribution in [0, 0.1) is 5.82 Å². The number of aromatic nitrogens is 4. The number of rotatable bonds is 6. The van der Waals surface area contributed by atoms with Gasteiger partial charge in [-0.25, -0.2) is 12.8 Å². The molecule has 9 nitrogen and oxygen atoms in total. The van der Waals surface area contributed by atoms with Crippen LogP contribution in [0.3, 0.4) is 0 Å². The first-order valence-electron chi connectivity index (χ1n) is 10.2. The molecule has 0 saturated heterocycles. The summed E-state index contributed by atoms with van der Waals surface area (Å²) in [6, 6.07) is 10.3. The summed E-state index contributed by atoms with van der Waals surface area (Å²) >= 11 is 0. The van der Waals surface area contributed by atoms with Gasteiger partial charge < -0.3 is 9.52 Å². The summed E-state index contributed by atoms with van der Waals surface area (Å²) in [6.45, 7) is -0.108. The van der Waals surface area contributed by atoms with Crippen molar-refractivity contribution in [2.24, 2.45) is 0 Å². The molecule has 0 bridgehead atoms. The van der Waals surface area contributed by atoms with Gasteiger partial charge in [0.2, 0.25) is 15.9 Å².